The number of amides is 2. The molecule has 0 bridgehead atoms. The molecule has 3 heterocycles. The van der Waals surface area contributed by atoms with E-state index in [0.717, 1.165) is 35.6 Å². The Morgan fingerprint density at radius 3 is 2.49 bits per heavy atom. The fourth-order valence-corrected chi connectivity index (χ4v) is 6.60. The van der Waals surface area contributed by atoms with Crippen molar-refractivity contribution in [2.24, 2.45) is 17.8 Å². The number of nitrogens with zero attached hydrogens (tertiary/aromatic N) is 3. The van der Waals surface area contributed by atoms with Crippen LogP contribution < -0.4 is 10.6 Å². The Morgan fingerprint density at radius 2 is 1.79 bits per heavy atom. The van der Waals surface area contributed by atoms with Gasteiger partial charge in [-0.05, 0) is 68.6 Å². The first-order valence-electron chi connectivity index (χ1n) is 13.2. The lowest BCUT2D eigenvalue weighted by Gasteiger charge is -2.28. The smallest absolute Gasteiger partial charge is 0.268 e. The minimum absolute atomic E-state index is 0.213. The zero-order valence-electron chi connectivity index (χ0n) is 21.8. The van der Waals surface area contributed by atoms with Gasteiger partial charge in [-0.1, -0.05) is 23.7 Å². The van der Waals surface area contributed by atoms with Gasteiger partial charge in [-0.25, -0.2) is 8.78 Å². The highest BCUT2D eigenvalue weighted by molar-refractivity contribution is 6.33. The van der Waals surface area contributed by atoms with Crippen LogP contribution in [0.5, 0.6) is 0 Å². The van der Waals surface area contributed by atoms with Crippen molar-refractivity contribution in [3.8, 4) is 11.1 Å². The van der Waals surface area contributed by atoms with E-state index in [4.69, 9.17) is 11.6 Å². The van der Waals surface area contributed by atoms with E-state index in [-0.39, 0.29) is 24.7 Å². The van der Waals surface area contributed by atoms with E-state index in [0.29, 0.717) is 22.9 Å². The van der Waals surface area contributed by atoms with Crippen LogP contribution in [-0.4, -0.2) is 51.8 Å². The quantitative estimate of drug-likeness (QED) is 0.451. The molecule has 2 aliphatic carbocycles. The summed E-state index contributed by atoms with van der Waals surface area (Å²) in [6.45, 7) is 4.09. The zero-order valence-corrected chi connectivity index (χ0v) is 22.5. The number of rotatable bonds is 6. The van der Waals surface area contributed by atoms with Gasteiger partial charge in [-0.3, -0.25) is 19.5 Å². The molecule has 1 aromatic carbocycles. The number of benzene rings is 1. The zero-order chi connectivity index (χ0) is 27.5. The summed E-state index contributed by atoms with van der Waals surface area (Å²) >= 11 is 6.37. The van der Waals surface area contributed by atoms with Gasteiger partial charge < -0.3 is 15.2 Å². The van der Waals surface area contributed by atoms with Gasteiger partial charge in [0.25, 0.3) is 11.8 Å². The third-order valence-electron chi connectivity index (χ3n) is 8.49. The highest BCUT2D eigenvalue weighted by Gasteiger charge is 2.72. The molecule has 7 nitrogen and oxygen atoms in total. The minimum Gasteiger partial charge on any atom is -0.339 e. The molecular weight excluding hydrogens is 524 g/mol. The second-order valence-electron chi connectivity index (χ2n) is 11.0. The maximum atomic E-state index is 14.0. The molecular formula is C29H30ClF2N5O2. The average Bonchev–Trinajstić information content (AvgIpc) is 3.29. The molecule has 3 aromatic rings. The molecule has 1 unspecified atom stereocenters. The summed E-state index contributed by atoms with van der Waals surface area (Å²) in [4.78, 5) is 33.4. The molecule has 0 saturated heterocycles. The summed E-state index contributed by atoms with van der Waals surface area (Å²) in [5.41, 5.74) is 4.51. The van der Waals surface area contributed by atoms with Gasteiger partial charge in [0.1, 0.15) is 11.7 Å². The Bertz CT molecular complexity index is 1410. The number of carbonyl (C=O) groups is 2. The Balaban J connectivity index is 1.21. The van der Waals surface area contributed by atoms with Crippen molar-refractivity contribution >= 4 is 29.1 Å². The summed E-state index contributed by atoms with van der Waals surface area (Å²) in [5.74, 6) is -5.21. The maximum Gasteiger partial charge on any atom is 0.268 e. The number of likely N-dealkylation sites (N-methyl/N-ethyl adjacent to an activating group) is 1. The van der Waals surface area contributed by atoms with Crippen LogP contribution >= 0.6 is 11.6 Å². The standard InChI is InChI=1S/C29H30ClF2N5O2/c1-16-25(23(30)9-10-33-16)17-3-5-19(6-4-17)34-28(39)26(18-13-21-22(14-18)29(21,31)32)35-27(38)24-8-7-20-15-36(2)11-12-37(20)24/h3-10,18,21-22,26H,11-15H2,1-2H3,(H,34,39)(H,35,38)/t18-,21-,22+,26?. The number of hydrogen-bond donors (Lipinski definition) is 2. The van der Waals surface area contributed by atoms with Crippen molar-refractivity contribution in [3.63, 3.8) is 0 Å². The van der Waals surface area contributed by atoms with Gasteiger partial charge in [0, 0.05) is 60.3 Å². The molecule has 10 heteroatoms. The lowest BCUT2D eigenvalue weighted by Crippen LogP contribution is -2.49. The van der Waals surface area contributed by atoms with Crippen molar-refractivity contribution in [1.29, 1.82) is 0 Å². The van der Waals surface area contributed by atoms with Crippen molar-refractivity contribution in [2.45, 2.75) is 44.8 Å². The number of aryl methyl sites for hydroxylation is 1. The van der Waals surface area contributed by atoms with Crippen molar-refractivity contribution < 1.29 is 18.4 Å². The van der Waals surface area contributed by atoms with Crippen molar-refractivity contribution in [3.05, 3.63) is 70.8 Å². The van der Waals surface area contributed by atoms with Crippen LogP contribution in [0.1, 0.15) is 34.7 Å². The molecule has 3 aliphatic rings. The number of nitrogens with one attached hydrogen (secondary N) is 2. The van der Waals surface area contributed by atoms with Crippen LogP contribution in [0.15, 0.2) is 48.7 Å². The molecule has 6 rings (SSSR count). The van der Waals surface area contributed by atoms with Gasteiger partial charge in [-0.2, -0.15) is 0 Å². The van der Waals surface area contributed by atoms with E-state index >= 15 is 0 Å². The number of alkyl halides is 2. The topological polar surface area (TPSA) is 79.3 Å². The van der Waals surface area contributed by atoms with E-state index in [2.05, 4.69) is 20.5 Å². The third-order valence-corrected chi connectivity index (χ3v) is 8.81. The number of carbonyl (C=O) groups excluding carboxylic acids is 2. The fourth-order valence-electron chi connectivity index (χ4n) is 6.30. The molecule has 1 aliphatic heterocycles. The molecule has 2 fully saturated rings. The number of hydrogen-bond acceptors (Lipinski definition) is 4. The highest BCUT2D eigenvalue weighted by atomic mass is 35.5. The van der Waals surface area contributed by atoms with E-state index in [1.165, 1.54) is 0 Å². The third kappa shape index (κ3) is 4.72. The van der Waals surface area contributed by atoms with Gasteiger partial charge >= 0.3 is 0 Å². The SMILES string of the molecule is Cc1nccc(Cl)c1-c1ccc(NC(=O)C(NC(=O)c2ccc3n2CCN(C)C3)[C@@H]2C[C@@H]3[C@H](C2)C3(F)F)cc1. The Hall–Kier alpha value is -3.30. The van der Waals surface area contributed by atoms with Crippen LogP contribution in [0.25, 0.3) is 11.1 Å². The summed E-state index contributed by atoms with van der Waals surface area (Å²) in [7, 11) is 2.02. The average molecular weight is 554 g/mol. The van der Waals surface area contributed by atoms with Gasteiger partial charge in [0.2, 0.25) is 5.91 Å². The first kappa shape index (κ1) is 26.0. The largest absolute Gasteiger partial charge is 0.339 e. The van der Waals surface area contributed by atoms with Crippen LogP contribution in [-0.2, 0) is 17.9 Å². The molecule has 2 saturated carbocycles. The number of aromatic nitrogens is 2. The number of pyridine rings is 1. The van der Waals surface area contributed by atoms with Gasteiger partial charge in [0.05, 0.1) is 5.02 Å². The molecule has 2 aromatic heterocycles. The van der Waals surface area contributed by atoms with Crippen LogP contribution in [0.2, 0.25) is 5.02 Å². The van der Waals surface area contributed by atoms with Crippen LogP contribution in [0, 0.1) is 24.7 Å². The monoisotopic (exact) mass is 553 g/mol. The van der Waals surface area contributed by atoms with Crippen LogP contribution in [0.3, 0.4) is 0 Å². The van der Waals surface area contributed by atoms with E-state index in [9.17, 15) is 18.4 Å². The number of anilines is 1. The van der Waals surface area contributed by atoms with E-state index < -0.39 is 29.7 Å². The number of halogens is 3. The van der Waals surface area contributed by atoms with Gasteiger partial charge in [0.15, 0.2) is 0 Å². The molecule has 4 atom stereocenters. The summed E-state index contributed by atoms with van der Waals surface area (Å²) in [6, 6.07) is 11.7. The van der Waals surface area contributed by atoms with Crippen molar-refractivity contribution in [1.82, 2.24) is 19.8 Å². The molecule has 0 radical (unpaired) electrons. The molecule has 204 valence electrons. The minimum atomic E-state index is -2.66. The summed E-state index contributed by atoms with van der Waals surface area (Å²) in [6.07, 6.45) is 2.07. The molecule has 39 heavy (non-hydrogen) atoms. The van der Waals surface area contributed by atoms with E-state index in [1.807, 2.05) is 36.7 Å². The fraction of sp³-hybridized carbons (Fsp3) is 0.414. The molecule has 2 N–H and O–H groups in total. The predicted molar refractivity (Wildman–Crippen MR) is 145 cm³/mol. The predicted octanol–water partition coefficient (Wildman–Crippen LogP) is 4.99. The second-order valence-corrected chi connectivity index (χ2v) is 11.4. The summed E-state index contributed by atoms with van der Waals surface area (Å²) < 4.78 is 29.9. The molecule has 2 amide bonds. The Kier molecular flexibility index (Phi) is 6.46. The maximum absolute atomic E-state index is 14.0. The van der Waals surface area contributed by atoms with Crippen LogP contribution in [0.4, 0.5) is 14.5 Å². The lowest BCUT2D eigenvalue weighted by molar-refractivity contribution is -0.119. The van der Waals surface area contributed by atoms with Gasteiger partial charge in [-0.15, -0.1) is 0 Å². The molecule has 0 spiro atoms. The summed E-state index contributed by atoms with van der Waals surface area (Å²) in [5, 5.41) is 6.38. The lowest BCUT2D eigenvalue weighted by atomic mass is 9.92. The number of fused-ring (bicyclic) bond motifs is 2. The van der Waals surface area contributed by atoms with E-state index in [1.54, 1.807) is 30.5 Å². The van der Waals surface area contributed by atoms with Crippen molar-refractivity contribution in [2.75, 3.05) is 18.9 Å². The Morgan fingerprint density at radius 1 is 1.08 bits per heavy atom. The first-order valence-corrected chi connectivity index (χ1v) is 13.6. The Labute approximate surface area is 230 Å². The second kappa shape index (κ2) is 9.71. The highest BCUT2D eigenvalue weighted by Crippen LogP contribution is 2.66. The normalized spacial score (nSPS) is 24.0. The first-order chi connectivity index (χ1) is 18.6.